The van der Waals surface area contributed by atoms with E-state index in [1.807, 2.05) is 24.3 Å². The van der Waals surface area contributed by atoms with Gasteiger partial charge >= 0.3 is 0 Å². The molecule has 1 aliphatic heterocycles. The summed E-state index contributed by atoms with van der Waals surface area (Å²) >= 11 is 0. The van der Waals surface area contributed by atoms with Crippen LogP contribution in [0.25, 0.3) is 10.9 Å². The average Bonchev–Trinajstić information content (AvgIpc) is 2.79. The highest BCUT2D eigenvalue weighted by Crippen LogP contribution is 2.24. The highest BCUT2D eigenvalue weighted by Gasteiger charge is 2.23. The van der Waals surface area contributed by atoms with Crippen molar-refractivity contribution in [1.29, 1.82) is 0 Å². The van der Waals surface area contributed by atoms with Gasteiger partial charge in [-0.3, -0.25) is 14.4 Å². The molecule has 0 saturated carbocycles. The fourth-order valence-corrected chi connectivity index (χ4v) is 3.78. The van der Waals surface area contributed by atoms with E-state index in [4.69, 9.17) is 5.73 Å². The Kier molecular flexibility index (Phi) is 5.92. The second-order valence-corrected chi connectivity index (χ2v) is 7.64. The first kappa shape index (κ1) is 20.5. The SMILES string of the molecule is NC(=O)C1CCN(c2ccc(NC(=O)CCn3nnc4ccccc4c3=O)cc2)CC1. The molecule has 0 aliphatic carbocycles. The van der Waals surface area contributed by atoms with E-state index in [9.17, 15) is 14.4 Å². The van der Waals surface area contributed by atoms with Crippen LogP contribution >= 0.6 is 0 Å². The van der Waals surface area contributed by atoms with E-state index in [2.05, 4.69) is 20.5 Å². The number of amides is 2. The number of rotatable bonds is 6. The zero-order valence-electron chi connectivity index (χ0n) is 17.0. The van der Waals surface area contributed by atoms with Gasteiger partial charge < -0.3 is 16.0 Å². The molecule has 1 fully saturated rings. The van der Waals surface area contributed by atoms with Crippen LogP contribution in [-0.4, -0.2) is 39.9 Å². The summed E-state index contributed by atoms with van der Waals surface area (Å²) in [7, 11) is 0. The van der Waals surface area contributed by atoms with E-state index >= 15 is 0 Å². The molecule has 1 aliphatic rings. The van der Waals surface area contributed by atoms with Gasteiger partial charge in [0.2, 0.25) is 11.8 Å². The van der Waals surface area contributed by atoms with Crippen molar-refractivity contribution in [1.82, 2.24) is 15.0 Å². The molecule has 2 amide bonds. The first-order valence-corrected chi connectivity index (χ1v) is 10.3. The van der Waals surface area contributed by atoms with Crippen molar-refractivity contribution in [3.63, 3.8) is 0 Å². The number of aryl methyl sites for hydroxylation is 1. The van der Waals surface area contributed by atoms with E-state index < -0.39 is 0 Å². The number of primary amides is 1. The molecule has 9 nitrogen and oxygen atoms in total. The fourth-order valence-electron chi connectivity index (χ4n) is 3.78. The number of piperidine rings is 1. The normalized spacial score (nSPS) is 14.5. The highest BCUT2D eigenvalue weighted by atomic mass is 16.2. The van der Waals surface area contributed by atoms with Crippen molar-refractivity contribution in [2.75, 3.05) is 23.3 Å². The summed E-state index contributed by atoms with van der Waals surface area (Å²) in [6.45, 7) is 1.71. The Bertz CT molecular complexity index is 1150. The lowest BCUT2D eigenvalue weighted by Crippen LogP contribution is -2.38. The number of aromatic nitrogens is 3. The Morgan fingerprint density at radius 2 is 1.77 bits per heavy atom. The summed E-state index contributed by atoms with van der Waals surface area (Å²) in [4.78, 5) is 38.3. The van der Waals surface area contributed by atoms with Crippen molar-refractivity contribution < 1.29 is 9.59 Å². The first-order valence-electron chi connectivity index (χ1n) is 10.3. The van der Waals surface area contributed by atoms with Gasteiger partial charge in [-0.25, -0.2) is 4.68 Å². The Labute approximate surface area is 178 Å². The summed E-state index contributed by atoms with van der Waals surface area (Å²) in [5.41, 5.74) is 7.38. The third kappa shape index (κ3) is 4.71. The van der Waals surface area contributed by atoms with Crippen molar-refractivity contribution in [3.8, 4) is 0 Å². The van der Waals surface area contributed by atoms with E-state index in [0.29, 0.717) is 16.6 Å². The van der Waals surface area contributed by atoms with Crippen LogP contribution in [0.4, 0.5) is 11.4 Å². The van der Waals surface area contributed by atoms with E-state index in [1.165, 1.54) is 4.68 Å². The van der Waals surface area contributed by atoms with Gasteiger partial charge in [0.1, 0.15) is 5.52 Å². The third-order valence-corrected chi connectivity index (χ3v) is 5.59. The molecule has 2 heterocycles. The van der Waals surface area contributed by atoms with Gasteiger partial charge in [0.05, 0.1) is 11.9 Å². The maximum Gasteiger partial charge on any atom is 0.277 e. The zero-order valence-corrected chi connectivity index (χ0v) is 17.0. The molecular formula is C22H24N6O3. The minimum atomic E-state index is -0.261. The van der Waals surface area contributed by atoms with Crippen LogP contribution in [0.1, 0.15) is 19.3 Å². The van der Waals surface area contributed by atoms with Gasteiger partial charge in [0, 0.05) is 36.8 Å². The number of nitrogens with two attached hydrogens (primary N) is 1. The number of benzene rings is 2. The van der Waals surface area contributed by atoms with Crippen molar-refractivity contribution >= 4 is 34.1 Å². The fraction of sp³-hybridized carbons (Fsp3) is 0.318. The average molecular weight is 420 g/mol. The van der Waals surface area contributed by atoms with E-state index in [-0.39, 0.29) is 36.3 Å². The number of hydrogen-bond acceptors (Lipinski definition) is 6. The molecule has 1 saturated heterocycles. The summed E-state index contributed by atoms with van der Waals surface area (Å²) < 4.78 is 1.21. The summed E-state index contributed by atoms with van der Waals surface area (Å²) in [6.07, 6.45) is 1.62. The number of fused-ring (bicyclic) bond motifs is 1. The van der Waals surface area contributed by atoms with Crippen LogP contribution in [-0.2, 0) is 16.1 Å². The number of carbonyl (C=O) groups is 2. The van der Waals surface area contributed by atoms with Gasteiger partial charge in [0.15, 0.2) is 0 Å². The molecule has 1 aromatic heterocycles. The lowest BCUT2D eigenvalue weighted by molar-refractivity contribution is -0.122. The van der Waals surface area contributed by atoms with Crippen LogP contribution in [0.15, 0.2) is 53.3 Å². The van der Waals surface area contributed by atoms with Gasteiger partial charge in [-0.2, -0.15) is 0 Å². The molecule has 160 valence electrons. The summed E-state index contributed by atoms with van der Waals surface area (Å²) in [5, 5.41) is 11.2. The standard InChI is InChI=1S/C22H24N6O3/c23-21(30)15-9-12-27(13-10-15)17-7-5-16(6-8-17)24-20(29)11-14-28-22(31)18-3-1-2-4-19(18)25-26-28/h1-8,15H,9-14H2,(H2,23,30)(H,24,29). The molecule has 0 unspecified atom stereocenters. The molecular weight excluding hydrogens is 396 g/mol. The molecule has 3 N–H and O–H groups in total. The Hall–Kier alpha value is -3.75. The van der Waals surface area contributed by atoms with Gasteiger partial charge in [-0.1, -0.05) is 17.3 Å². The minimum Gasteiger partial charge on any atom is -0.371 e. The molecule has 0 spiro atoms. The number of hydrogen-bond donors (Lipinski definition) is 2. The lowest BCUT2D eigenvalue weighted by Gasteiger charge is -2.32. The Morgan fingerprint density at radius 3 is 2.48 bits per heavy atom. The first-order chi connectivity index (χ1) is 15.0. The number of anilines is 2. The lowest BCUT2D eigenvalue weighted by atomic mass is 9.96. The van der Waals surface area contributed by atoms with Gasteiger partial charge in [0.25, 0.3) is 5.56 Å². The molecule has 9 heteroatoms. The van der Waals surface area contributed by atoms with Crippen LogP contribution in [0.3, 0.4) is 0 Å². The number of nitrogens with zero attached hydrogens (tertiary/aromatic N) is 4. The van der Waals surface area contributed by atoms with Crippen molar-refractivity contribution in [2.45, 2.75) is 25.8 Å². The van der Waals surface area contributed by atoms with Crippen LogP contribution in [0.5, 0.6) is 0 Å². The second-order valence-electron chi connectivity index (χ2n) is 7.64. The van der Waals surface area contributed by atoms with Crippen molar-refractivity contribution in [2.24, 2.45) is 11.7 Å². The zero-order chi connectivity index (χ0) is 21.8. The van der Waals surface area contributed by atoms with Crippen LogP contribution in [0.2, 0.25) is 0 Å². The Balaban J connectivity index is 1.32. The molecule has 0 radical (unpaired) electrons. The predicted molar refractivity (Wildman–Crippen MR) is 118 cm³/mol. The molecule has 31 heavy (non-hydrogen) atoms. The largest absolute Gasteiger partial charge is 0.371 e. The smallest absolute Gasteiger partial charge is 0.277 e. The molecule has 0 bridgehead atoms. The Morgan fingerprint density at radius 1 is 1.06 bits per heavy atom. The monoisotopic (exact) mass is 420 g/mol. The van der Waals surface area contributed by atoms with Gasteiger partial charge in [-0.05, 0) is 49.2 Å². The minimum absolute atomic E-state index is 0.0467. The van der Waals surface area contributed by atoms with Crippen molar-refractivity contribution in [3.05, 3.63) is 58.9 Å². The summed E-state index contributed by atoms with van der Waals surface area (Å²) in [5.74, 6) is -0.485. The highest BCUT2D eigenvalue weighted by molar-refractivity contribution is 5.90. The number of nitrogens with one attached hydrogen (secondary N) is 1. The number of carbonyl (C=O) groups excluding carboxylic acids is 2. The molecule has 4 rings (SSSR count). The summed E-state index contributed by atoms with van der Waals surface area (Å²) in [6, 6.07) is 14.6. The maximum absolute atomic E-state index is 12.4. The topological polar surface area (TPSA) is 123 Å². The predicted octanol–water partition coefficient (Wildman–Crippen LogP) is 1.52. The van der Waals surface area contributed by atoms with E-state index in [1.54, 1.807) is 24.3 Å². The van der Waals surface area contributed by atoms with E-state index in [0.717, 1.165) is 31.6 Å². The third-order valence-electron chi connectivity index (χ3n) is 5.59. The van der Waals surface area contributed by atoms with Crippen LogP contribution in [0, 0.1) is 5.92 Å². The molecule has 0 atom stereocenters. The van der Waals surface area contributed by atoms with Gasteiger partial charge in [-0.15, -0.1) is 5.10 Å². The van der Waals surface area contributed by atoms with Crippen LogP contribution < -0.4 is 21.5 Å². The maximum atomic E-state index is 12.4. The quantitative estimate of drug-likeness (QED) is 0.623. The molecule has 3 aromatic rings. The molecule has 2 aromatic carbocycles. The second kappa shape index (κ2) is 8.95.